The van der Waals surface area contributed by atoms with Crippen LogP contribution in [0.2, 0.25) is 0 Å². The second-order valence-electron chi connectivity index (χ2n) is 6.27. The zero-order valence-electron chi connectivity index (χ0n) is 15.9. The van der Waals surface area contributed by atoms with Crippen molar-refractivity contribution in [1.29, 1.82) is 0 Å². The van der Waals surface area contributed by atoms with Gasteiger partial charge in [-0.15, -0.1) is 0 Å². The fraction of sp³-hybridized carbons (Fsp3) is 0.143. The lowest BCUT2D eigenvalue weighted by atomic mass is 10.1. The van der Waals surface area contributed by atoms with E-state index in [0.29, 0.717) is 11.4 Å². The number of carbonyl (C=O) groups is 1. The van der Waals surface area contributed by atoms with E-state index in [9.17, 15) is 18.0 Å². The maximum absolute atomic E-state index is 13.1. The van der Waals surface area contributed by atoms with E-state index in [0.717, 1.165) is 12.1 Å². The summed E-state index contributed by atoms with van der Waals surface area (Å²) in [6, 6.07) is 10.7. The van der Waals surface area contributed by atoms with Gasteiger partial charge in [-0.05, 0) is 42.6 Å². The lowest BCUT2D eigenvalue weighted by Crippen LogP contribution is -2.52. The van der Waals surface area contributed by atoms with Gasteiger partial charge in [0.2, 0.25) is 0 Å². The molecule has 2 aromatic rings. The number of nitrogens with two attached hydrogens (primary N) is 1. The molecule has 3 N–H and O–H groups in total. The van der Waals surface area contributed by atoms with Gasteiger partial charge >= 0.3 is 6.18 Å². The first-order chi connectivity index (χ1) is 14.3. The Morgan fingerprint density at radius 1 is 1.23 bits per heavy atom. The van der Waals surface area contributed by atoms with E-state index in [4.69, 9.17) is 10.5 Å². The number of hydrogen-bond acceptors (Lipinski definition) is 6. The van der Waals surface area contributed by atoms with Crippen LogP contribution in [-0.2, 0) is 11.0 Å². The first-order valence-corrected chi connectivity index (χ1v) is 8.88. The van der Waals surface area contributed by atoms with Crippen LogP contribution >= 0.6 is 0 Å². The molecular formula is C21H19F3N4O2. The molecule has 0 aliphatic carbocycles. The number of benzene rings is 2. The highest BCUT2D eigenvalue weighted by Gasteiger charge is 2.32. The van der Waals surface area contributed by atoms with Gasteiger partial charge in [0.25, 0.3) is 0 Å². The zero-order valence-corrected chi connectivity index (χ0v) is 15.9. The van der Waals surface area contributed by atoms with Crippen LogP contribution in [0.1, 0.15) is 5.56 Å². The van der Waals surface area contributed by atoms with Crippen LogP contribution in [0.15, 0.2) is 78.1 Å². The predicted molar refractivity (Wildman–Crippen MR) is 108 cm³/mol. The number of methoxy groups -OCH3 is 1. The molecule has 0 saturated heterocycles. The molecule has 9 heteroatoms. The third-order valence-corrected chi connectivity index (χ3v) is 4.29. The number of nitrogens with one attached hydrogen (secondary N) is 1. The summed E-state index contributed by atoms with van der Waals surface area (Å²) >= 11 is 0. The van der Waals surface area contributed by atoms with Crippen molar-refractivity contribution in [3.05, 3.63) is 78.6 Å². The molecule has 0 saturated carbocycles. The molecule has 0 spiro atoms. The molecule has 156 valence electrons. The number of anilines is 1. The maximum atomic E-state index is 13.1. The lowest BCUT2D eigenvalue weighted by molar-refractivity contribution is -0.137. The van der Waals surface area contributed by atoms with Gasteiger partial charge in [-0.2, -0.15) is 13.2 Å². The Kier molecular flexibility index (Phi) is 6.22. The lowest BCUT2D eigenvalue weighted by Gasteiger charge is -2.30. The zero-order chi connectivity index (χ0) is 21.7. The van der Waals surface area contributed by atoms with Gasteiger partial charge in [-0.3, -0.25) is 9.80 Å². The summed E-state index contributed by atoms with van der Waals surface area (Å²) in [6.45, 7) is 0. The van der Waals surface area contributed by atoms with Crippen LogP contribution in [0, 0.1) is 0 Å². The van der Waals surface area contributed by atoms with E-state index in [1.165, 1.54) is 48.8 Å². The molecule has 0 amide bonds. The van der Waals surface area contributed by atoms with E-state index < -0.39 is 17.8 Å². The predicted octanol–water partition coefficient (Wildman–Crippen LogP) is 3.74. The van der Waals surface area contributed by atoms with Gasteiger partial charge in [-0.25, -0.2) is 10.4 Å². The van der Waals surface area contributed by atoms with E-state index in [2.05, 4.69) is 10.4 Å². The summed E-state index contributed by atoms with van der Waals surface area (Å²) in [7, 11) is 1.49. The number of carbonyl (C=O) groups excluding carboxylic acids is 1. The van der Waals surface area contributed by atoms with Crippen molar-refractivity contribution in [3.8, 4) is 5.75 Å². The first kappa shape index (κ1) is 21.1. The molecule has 1 aliphatic heterocycles. The van der Waals surface area contributed by atoms with E-state index in [1.807, 2.05) is 0 Å². The van der Waals surface area contributed by atoms with Gasteiger partial charge in [0.1, 0.15) is 17.5 Å². The van der Waals surface area contributed by atoms with Crippen LogP contribution in [0.4, 0.5) is 24.5 Å². The summed E-state index contributed by atoms with van der Waals surface area (Å²) < 4.78 is 44.4. The molecule has 30 heavy (non-hydrogen) atoms. The van der Waals surface area contributed by atoms with Crippen molar-refractivity contribution in [2.75, 3.05) is 12.1 Å². The summed E-state index contributed by atoms with van der Waals surface area (Å²) in [5.41, 5.74) is 8.59. The average molecular weight is 416 g/mol. The van der Waals surface area contributed by atoms with Gasteiger partial charge < -0.3 is 10.5 Å². The fourth-order valence-electron chi connectivity index (χ4n) is 2.85. The van der Waals surface area contributed by atoms with Crippen LogP contribution in [0.5, 0.6) is 5.75 Å². The fourth-order valence-corrected chi connectivity index (χ4v) is 2.85. The smallest absolute Gasteiger partial charge is 0.416 e. The van der Waals surface area contributed by atoms with Crippen molar-refractivity contribution in [1.82, 2.24) is 5.43 Å². The number of alkyl halides is 3. The van der Waals surface area contributed by atoms with E-state index in [-0.39, 0.29) is 17.2 Å². The maximum Gasteiger partial charge on any atom is 0.416 e. The van der Waals surface area contributed by atoms with Crippen molar-refractivity contribution < 1.29 is 22.7 Å². The Morgan fingerprint density at radius 3 is 2.70 bits per heavy atom. The SMILES string of the molecule is COc1ccccc1N=C(C=CN)C1NN(c2cccc(C(F)(F)F)c2)C=CC1=O. The molecule has 0 radical (unpaired) electrons. The minimum atomic E-state index is -4.48. The summed E-state index contributed by atoms with van der Waals surface area (Å²) in [5, 5.41) is 1.34. The Labute approximate surface area is 171 Å². The number of para-hydroxylation sites is 2. The minimum absolute atomic E-state index is 0.215. The van der Waals surface area contributed by atoms with Crippen molar-refractivity contribution in [2.45, 2.75) is 12.2 Å². The standard InChI is InChI=1S/C21H19F3N4O2/c1-30-19-8-3-2-7-16(19)26-17(9-11-25)20-18(29)10-12-28(27-20)15-6-4-5-14(13-15)21(22,23)24/h2-13,20,27H,25H2,1H3. The average Bonchev–Trinajstić information content (AvgIpc) is 2.74. The van der Waals surface area contributed by atoms with Crippen LogP contribution in [0.25, 0.3) is 0 Å². The molecule has 0 bridgehead atoms. The molecule has 1 heterocycles. The highest BCUT2D eigenvalue weighted by Crippen LogP contribution is 2.32. The molecule has 1 unspecified atom stereocenters. The summed E-state index contributed by atoms with van der Waals surface area (Å²) in [6.07, 6.45) is 0.829. The van der Waals surface area contributed by atoms with Crippen LogP contribution in [-0.4, -0.2) is 24.6 Å². The third kappa shape index (κ3) is 4.69. The molecule has 0 fully saturated rings. The number of aliphatic imine (C=N–C) groups is 1. The number of rotatable bonds is 5. The Morgan fingerprint density at radius 2 is 2.00 bits per heavy atom. The second kappa shape index (κ2) is 8.83. The van der Waals surface area contributed by atoms with Crippen LogP contribution in [0.3, 0.4) is 0 Å². The van der Waals surface area contributed by atoms with E-state index >= 15 is 0 Å². The van der Waals surface area contributed by atoms with E-state index in [1.54, 1.807) is 24.3 Å². The number of nitrogens with zero attached hydrogens (tertiary/aromatic N) is 2. The third-order valence-electron chi connectivity index (χ3n) is 4.29. The Hall–Kier alpha value is -3.59. The molecule has 1 atom stereocenters. The highest BCUT2D eigenvalue weighted by atomic mass is 19.4. The molecule has 0 aromatic heterocycles. The number of halogens is 3. The Balaban J connectivity index is 1.96. The van der Waals surface area contributed by atoms with Gasteiger partial charge in [-0.1, -0.05) is 18.2 Å². The number of ether oxygens (including phenoxy) is 1. The second-order valence-corrected chi connectivity index (χ2v) is 6.27. The normalized spacial score (nSPS) is 17.6. The summed E-state index contributed by atoms with van der Waals surface area (Å²) in [5.74, 6) is 0.166. The summed E-state index contributed by atoms with van der Waals surface area (Å²) in [4.78, 5) is 17.0. The molecule has 2 aromatic carbocycles. The molecule has 1 aliphatic rings. The molecule has 6 nitrogen and oxygen atoms in total. The number of hydrogen-bond donors (Lipinski definition) is 2. The van der Waals surface area contributed by atoms with Crippen LogP contribution < -0.4 is 20.9 Å². The minimum Gasteiger partial charge on any atom is -0.494 e. The first-order valence-electron chi connectivity index (χ1n) is 8.88. The van der Waals surface area contributed by atoms with Crippen molar-refractivity contribution >= 4 is 22.9 Å². The molecule has 3 rings (SSSR count). The topological polar surface area (TPSA) is 80.0 Å². The molecular weight excluding hydrogens is 397 g/mol. The van der Waals surface area contributed by atoms with Gasteiger partial charge in [0.05, 0.1) is 24.1 Å². The highest BCUT2D eigenvalue weighted by molar-refractivity contribution is 6.18. The largest absolute Gasteiger partial charge is 0.494 e. The van der Waals surface area contributed by atoms with Gasteiger partial charge in [0, 0.05) is 12.3 Å². The number of hydrazine groups is 1. The monoisotopic (exact) mass is 416 g/mol. The Bertz CT molecular complexity index is 1020. The van der Waals surface area contributed by atoms with Gasteiger partial charge in [0.15, 0.2) is 5.78 Å². The van der Waals surface area contributed by atoms with Crippen molar-refractivity contribution in [3.63, 3.8) is 0 Å². The quantitative estimate of drug-likeness (QED) is 0.726. The number of ketones is 1. The van der Waals surface area contributed by atoms with Crippen molar-refractivity contribution in [2.24, 2.45) is 10.7 Å².